The van der Waals surface area contributed by atoms with Gasteiger partial charge in [-0.05, 0) is 38.7 Å². The maximum atomic E-state index is 11.9. The molecule has 0 saturated carbocycles. The fraction of sp³-hybridized carbons (Fsp3) is 0.600. The summed E-state index contributed by atoms with van der Waals surface area (Å²) >= 11 is 0. The topological polar surface area (TPSA) is 47.4 Å². The van der Waals surface area contributed by atoms with Crippen LogP contribution in [-0.4, -0.2) is 40.2 Å². The highest BCUT2D eigenvalue weighted by Crippen LogP contribution is 2.19. The Morgan fingerprint density at radius 2 is 2.15 bits per heavy atom. The molecule has 2 rings (SSSR count). The number of imidazole rings is 1. The number of rotatable bonds is 4. The first-order valence-corrected chi connectivity index (χ1v) is 7.16. The van der Waals surface area contributed by atoms with E-state index in [1.54, 1.807) is 6.20 Å². The van der Waals surface area contributed by atoms with Crippen LogP contribution in [0.25, 0.3) is 0 Å². The van der Waals surface area contributed by atoms with E-state index in [0.717, 1.165) is 38.0 Å². The molecule has 1 aliphatic heterocycles. The Morgan fingerprint density at radius 3 is 2.75 bits per heavy atom. The van der Waals surface area contributed by atoms with Crippen molar-refractivity contribution < 1.29 is 9.53 Å². The number of piperidine rings is 1. The van der Waals surface area contributed by atoms with Gasteiger partial charge in [0.05, 0.1) is 6.33 Å². The zero-order valence-electron chi connectivity index (χ0n) is 12.3. The molecule has 0 atom stereocenters. The normalized spacial score (nSPS) is 16.0. The maximum Gasteiger partial charge on any atom is 0.410 e. The second-order valence-corrected chi connectivity index (χ2v) is 5.55. The standard InChI is InChI=1S/C15H23N3O2/c1-13(2)5-10-20-15(19)18-7-3-14(4-8-18)11-17-9-6-16-12-17/h5-6,9,12,14H,3-4,7-8,10-11H2,1-2H3. The first-order chi connectivity index (χ1) is 9.65. The number of carbonyl (C=O) groups excluding carboxylic acids is 1. The molecule has 1 saturated heterocycles. The lowest BCUT2D eigenvalue weighted by Crippen LogP contribution is -2.39. The van der Waals surface area contributed by atoms with E-state index in [0.29, 0.717) is 12.5 Å². The summed E-state index contributed by atoms with van der Waals surface area (Å²) in [4.78, 5) is 17.7. The molecule has 0 aliphatic carbocycles. The van der Waals surface area contributed by atoms with E-state index in [1.165, 1.54) is 0 Å². The number of carbonyl (C=O) groups is 1. The molecule has 0 N–H and O–H groups in total. The Bertz CT molecular complexity index is 442. The van der Waals surface area contributed by atoms with E-state index in [4.69, 9.17) is 4.74 Å². The number of hydrogen-bond donors (Lipinski definition) is 0. The van der Waals surface area contributed by atoms with E-state index in [9.17, 15) is 4.79 Å². The largest absolute Gasteiger partial charge is 0.445 e. The van der Waals surface area contributed by atoms with Crippen molar-refractivity contribution in [2.75, 3.05) is 19.7 Å². The molecule has 0 unspecified atom stereocenters. The molecule has 1 fully saturated rings. The highest BCUT2D eigenvalue weighted by atomic mass is 16.6. The van der Waals surface area contributed by atoms with Crippen LogP contribution < -0.4 is 0 Å². The quantitative estimate of drug-likeness (QED) is 0.795. The average Bonchev–Trinajstić information content (AvgIpc) is 2.92. The monoisotopic (exact) mass is 277 g/mol. The molecule has 20 heavy (non-hydrogen) atoms. The van der Waals surface area contributed by atoms with E-state index in [1.807, 2.05) is 37.3 Å². The third kappa shape index (κ3) is 4.40. The third-order valence-electron chi connectivity index (χ3n) is 3.60. The summed E-state index contributed by atoms with van der Waals surface area (Å²) in [6, 6.07) is 0. The highest BCUT2D eigenvalue weighted by molar-refractivity contribution is 5.67. The molecular weight excluding hydrogens is 254 g/mol. The fourth-order valence-corrected chi connectivity index (χ4v) is 2.36. The summed E-state index contributed by atoms with van der Waals surface area (Å²) in [6.45, 7) is 6.92. The lowest BCUT2D eigenvalue weighted by molar-refractivity contribution is 0.0941. The van der Waals surface area contributed by atoms with Crippen LogP contribution in [0.2, 0.25) is 0 Å². The van der Waals surface area contributed by atoms with Crippen molar-refractivity contribution in [2.24, 2.45) is 5.92 Å². The van der Waals surface area contributed by atoms with Crippen LogP contribution in [0.4, 0.5) is 4.79 Å². The van der Waals surface area contributed by atoms with Gasteiger partial charge < -0.3 is 14.2 Å². The molecule has 1 aromatic heterocycles. The van der Waals surface area contributed by atoms with Crippen LogP contribution in [0.15, 0.2) is 30.4 Å². The van der Waals surface area contributed by atoms with Crippen molar-refractivity contribution in [3.63, 3.8) is 0 Å². The van der Waals surface area contributed by atoms with Gasteiger partial charge in [0, 0.05) is 32.0 Å². The maximum absolute atomic E-state index is 11.9. The molecule has 0 spiro atoms. The van der Waals surface area contributed by atoms with Crippen molar-refractivity contribution in [1.29, 1.82) is 0 Å². The summed E-state index contributed by atoms with van der Waals surface area (Å²) in [5.74, 6) is 0.617. The van der Waals surface area contributed by atoms with Crippen molar-refractivity contribution in [1.82, 2.24) is 14.5 Å². The van der Waals surface area contributed by atoms with Crippen LogP contribution >= 0.6 is 0 Å². The van der Waals surface area contributed by atoms with Crippen LogP contribution in [0, 0.1) is 5.92 Å². The molecule has 0 bridgehead atoms. The second kappa shape index (κ2) is 7.12. The lowest BCUT2D eigenvalue weighted by Gasteiger charge is -2.31. The van der Waals surface area contributed by atoms with Crippen LogP contribution in [0.1, 0.15) is 26.7 Å². The van der Waals surface area contributed by atoms with E-state index < -0.39 is 0 Å². The van der Waals surface area contributed by atoms with Gasteiger partial charge in [0.1, 0.15) is 6.61 Å². The van der Waals surface area contributed by atoms with Gasteiger partial charge in [-0.25, -0.2) is 9.78 Å². The lowest BCUT2D eigenvalue weighted by atomic mass is 9.97. The van der Waals surface area contributed by atoms with Crippen molar-refractivity contribution in [3.8, 4) is 0 Å². The summed E-state index contributed by atoms with van der Waals surface area (Å²) in [7, 11) is 0. The van der Waals surface area contributed by atoms with Crippen LogP contribution in [0.5, 0.6) is 0 Å². The predicted octanol–water partition coefficient (Wildman–Crippen LogP) is 2.70. The van der Waals surface area contributed by atoms with Crippen molar-refractivity contribution in [2.45, 2.75) is 33.2 Å². The zero-order chi connectivity index (χ0) is 14.4. The minimum Gasteiger partial charge on any atom is -0.445 e. The number of likely N-dealkylation sites (tertiary alicyclic amines) is 1. The van der Waals surface area contributed by atoms with Gasteiger partial charge in [0.2, 0.25) is 0 Å². The van der Waals surface area contributed by atoms with E-state index >= 15 is 0 Å². The minimum atomic E-state index is -0.191. The molecule has 0 aromatic carbocycles. The molecule has 0 radical (unpaired) electrons. The number of hydrogen-bond acceptors (Lipinski definition) is 3. The van der Waals surface area contributed by atoms with E-state index in [2.05, 4.69) is 9.55 Å². The first-order valence-electron chi connectivity index (χ1n) is 7.16. The molecular formula is C15H23N3O2. The van der Waals surface area contributed by atoms with Gasteiger partial charge >= 0.3 is 6.09 Å². The Morgan fingerprint density at radius 1 is 1.40 bits per heavy atom. The van der Waals surface area contributed by atoms with Gasteiger partial charge in [0.25, 0.3) is 0 Å². The summed E-state index contributed by atoms with van der Waals surface area (Å²) in [5, 5.41) is 0. The number of ether oxygens (including phenoxy) is 1. The fourth-order valence-electron chi connectivity index (χ4n) is 2.36. The van der Waals surface area contributed by atoms with Gasteiger partial charge in [-0.1, -0.05) is 5.57 Å². The highest BCUT2D eigenvalue weighted by Gasteiger charge is 2.23. The zero-order valence-corrected chi connectivity index (χ0v) is 12.3. The molecule has 1 aliphatic rings. The van der Waals surface area contributed by atoms with Gasteiger partial charge in [-0.2, -0.15) is 0 Å². The van der Waals surface area contributed by atoms with Gasteiger partial charge in [0.15, 0.2) is 0 Å². The van der Waals surface area contributed by atoms with Crippen molar-refractivity contribution in [3.05, 3.63) is 30.4 Å². The second-order valence-electron chi connectivity index (χ2n) is 5.55. The minimum absolute atomic E-state index is 0.191. The molecule has 5 heteroatoms. The molecule has 1 aromatic rings. The molecule has 1 amide bonds. The average molecular weight is 277 g/mol. The Balaban J connectivity index is 1.70. The Kier molecular flexibility index (Phi) is 5.21. The van der Waals surface area contributed by atoms with Crippen LogP contribution in [0.3, 0.4) is 0 Å². The predicted molar refractivity (Wildman–Crippen MR) is 77.3 cm³/mol. The third-order valence-corrected chi connectivity index (χ3v) is 3.60. The summed E-state index contributed by atoms with van der Waals surface area (Å²) in [6.07, 6.45) is 9.41. The Labute approximate surface area is 120 Å². The van der Waals surface area contributed by atoms with Gasteiger partial charge in [-0.15, -0.1) is 0 Å². The van der Waals surface area contributed by atoms with Crippen LogP contribution in [-0.2, 0) is 11.3 Å². The summed E-state index contributed by atoms with van der Waals surface area (Å²) in [5.41, 5.74) is 1.16. The van der Waals surface area contributed by atoms with Crippen molar-refractivity contribution >= 4 is 6.09 Å². The number of amides is 1. The van der Waals surface area contributed by atoms with Gasteiger partial charge in [-0.3, -0.25) is 0 Å². The molecule has 2 heterocycles. The molecule has 110 valence electrons. The first kappa shape index (κ1) is 14.6. The smallest absolute Gasteiger partial charge is 0.410 e. The Hall–Kier alpha value is -1.78. The number of nitrogens with zero attached hydrogens (tertiary/aromatic N) is 3. The molecule has 5 nitrogen and oxygen atoms in total. The summed E-state index contributed by atoms with van der Waals surface area (Å²) < 4.78 is 7.33. The van der Waals surface area contributed by atoms with E-state index in [-0.39, 0.29) is 6.09 Å². The number of allylic oxidation sites excluding steroid dienone is 1. The number of aromatic nitrogens is 2. The SMILES string of the molecule is CC(C)=CCOC(=O)N1CCC(Cn2ccnc2)CC1.